The molecule has 2 aliphatic rings. The monoisotopic (exact) mass is 268 g/mol. The van der Waals surface area contributed by atoms with Crippen LogP contribution in [0.5, 0.6) is 0 Å². The van der Waals surface area contributed by atoms with Crippen LogP contribution in [0.3, 0.4) is 0 Å². The molecule has 1 aromatic carbocycles. The van der Waals surface area contributed by atoms with E-state index in [1.54, 1.807) is 11.1 Å². The molecular formula is C18H25Al. The highest BCUT2D eigenvalue weighted by atomic mass is 27.0. The predicted molar refractivity (Wildman–Crippen MR) is 83.5 cm³/mol. The first-order valence-electron chi connectivity index (χ1n) is 8.24. The lowest BCUT2D eigenvalue weighted by Crippen LogP contribution is -2.21. The van der Waals surface area contributed by atoms with Gasteiger partial charge < -0.3 is 0 Å². The van der Waals surface area contributed by atoms with Gasteiger partial charge in [0.15, 0.2) is 16.3 Å². The van der Waals surface area contributed by atoms with Gasteiger partial charge in [-0.15, -0.1) is 4.43 Å². The minimum absolute atomic E-state index is 0.847. The summed E-state index contributed by atoms with van der Waals surface area (Å²) in [5.74, 6) is 1.70. The van der Waals surface area contributed by atoms with E-state index in [0.717, 1.165) is 11.8 Å². The molecule has 100 valence electrons. The molecule has 0 N–H and O–H groups in total. The van der Waals surface area contributed by atoms with Crippen LogP contribution in [0.2, 0.25) is 0 Å². The molecule has 2 radical (unpaired) electrons. The maximum Gasteiger partial charge on any atom is 0.176 e. The first-order chi connectivity index (χ1) is 9.36. The van der Waals surface area contributed by atoms with Crippen LogP contribution in [0.15, 0.2) is 18.2 Å². The van der Waals surface area contributed by atoms with Gasteiger partial charge in [0.2, 0.25) is 0 Å². The van der Waals surface area contributed by atoms with Gasteiger partial charge >= 0.3 is 0 Å². The molecular weight excluding hydrogens is 243 g/mol. The Morgan fingerprint density at radius 2 is 1.32 bits per heavy atom. The number of rotatable bonds is 2. The zero-order chi connectivity index (χ0) is 13.1. The SMILES string of the molecule is [Al][c]1cccc(C2CCCCC2)c1C1CCCCC1. The van der Waals surface area contributed by atoms with Crippen molar-refractivity contribution in [1.29, 1.82) is 0 Å². The zero-order valence-electron chi connectivity index (χ0n) is 12.0. The first-order valence-corrected chi connectivity index (χ1v) is 8.82. The lowest BCUT2D eigenvalue weighted by atomic mass is 9.76. The van der Waals surface area contributed by atoms with Crippen molar-refractivity contribution in [2.75, 3.05) is 0 Å². The van der Waals surface area contributed by atoms with Crippen molar-refractivity contribution in [1.82, 2.24) is 0 Å². The van der Waals surface area contributed by atoms with E-state index in [1.165, 1.54) is 68.6 Å². The molecule has 0 amide bonds. The molecule has 1 aromatic rings. The third-order valence-electron chi connectivity index (χ3n) is 5.23. The topological polar surface area (TPSA) is 0 Å². The third-order valence-corrected chi connectivity index (χ3v) is 5.74. The van der Waals surface area contributed by atoms with Gasteiger partial charge in [-0.05, 0) is 43.1 Å². The molecule has 0 spiro atoms. The molecule has 2 saturated carbocycles. The minimum atomic E-state index is 0.847. The van der Waals surface area contributed by atoms with Gasteiger partial charge in [0.25, 0.3) is 0 Å². The van der Waals surface area contributed by atoms with Crippen LogP contribution in [0.25, 0.3) is 0 Å². The highest BCUT2D eigenvalue weighted by Crippen LogP contribution is 2.40. The van der Waals surface area contributed by atoms with Crippen LogP contribution < -0.4 is 4.43 Å². The Bertz CT molecular complexity index is 412. The van der Waals surface area contributed by atoms with Crippen LogP contribution >= 0.6 is 0 Å². The molecule has 2 aliphatic carbocycles. The van der Waals surface area contributed by atoms with Crippen molar-refractivity contribution in [3.63, 3.8) is 0 Å². The van der Waals surface area contributed by atoms with E-state index in [0.29, 0.717) is 0 Å². The summed E-state index contributed by atoms with van der Waals surface area (Å²) in [5, 5.41) is 0. The fourth-order valence-electron chi connectivity index (χ4n) is 4.23. The molecule has 0 aromatic heterocycles. The minimum Gasteiger partial charge on any atom is -0.135 e. The van der Waals surface area contributed by atoms with Gasteiger partial charge in [-0.2, -0.15) is 0 Å². The van der Waals surface area contributed by atoms with Crippen molar-refractivity contribution in [2.24, 2.45) is 0 Å². The molecule has 3 rings (SSSR count). The van der Waals surface area contributed by atoms with Crippen LogP contribution in [0.4, 0.5) is 0 Å². The van der Waals surface area contributed by atoms with Crippen LogP contribution in [0.1, 0.15) is 87.2 Å². The Morgan fingerprint density at radius 3 is 1.95 bits per heavy atom. The maximum absolute atomic E-state index is 3.01. The van der Waals surface area contributed by atoms with E-state index >= 15 is 0 Å². The quantitative estimate of drug-likeness (QED) is 0.689. The molecule has 0 aliphatic heterocycles. The summed E-state index contributed by atoms with van der Waals surface area (Å²) in [6.07, 6.45) is 14.4. The lowest BCUT2D eigenvalue weighted by molar-refractivity contribution is 0.420. The molecule has 0 unspecified atom stereocenters. The molecule has 2 fully saturated rings. The average Bonchev–Trinajstić information content (AvgIpc) is 2.49. The Hall–Kier alpha value is -0.248. The van der Waals surface area contributed by atoms with E-state index < -0.39 is 0 Å². The summed E-state index contributed by atoms with van der Waals surface area (Å²) in [4.78, 5) is 0. The molecule has 19 heavy (non-hydrogen) atoms. The summed E-state index contributed by atoms with van der Waals surface area (Å²) in [6.45, 7) is 0. The first kappa shape index (κ1) is 13.7. The summed E-state index contributed by atoms with van der Waals surface area (Å²) >= 11 is 3.01. The Balaban J connectivity index is 1.91. The summed E-state index contributed by atoms with van der Waals surface area (Å²) in [6, 6.07) is 7.02. The third kappa shape index (κ3) is 3.09. The lowest BCUT2D eigenvalue weighted by Gasteiger charge is -2.31. The van der Waals surface area contributed by atoms with Crippen LogP contribution in [0, 0.1) is 0 Å². The maximum atomic E-state index is 3.01. The molecule has 0 bridgehead atoms. The van der Waals surface area contributed by atoms with E-state index in [4.69, 9.17) is 0 Å². The number of hydrogen-bond acceptors (Lipinski definition) is 0. The molecule has 0 atom stereocenters. The van der Waals surface area contributed by atoms with Crippen LogP contribution in [-0.4, -0.2) is 16.3 Å². The number of benzene rings is 1. The molecule has 0 heterocycles. The Morgan fingerprint density at radius 1 is 0.737 bits per heavy atom. The Labute approximate surface area is 126 Å². The van der Waals surface area contributed by atoms with Gasteiger partial charge in [0.1, 0.15) is 0 Å². The van der Waals surface area contributed by atoms with Crippen molar-refractivity contribution >= 4 is 20.7 Å². The van der Waals surface area contributed by atoms with Gasteiger partial charge in [0.05, 0.1) is 0 Å². The van der Waals surface area contributed by atoms with Crippen molar-refractivity contribution in [2.45, 2.75) is 76.0 Å². The second-order valence-electron chi connectivity index (χ2n) is 6.52. The fourth-order valence-corrected chi connectivity index (χ4v) is 4.75. The molecule has 0 nitrogen and oxygen atoms in total. The largest absolute Gasteiger partial charge is 0.176 e. The molecule has 0 saturated heterocycles. The zero-order valence-corrected chi connectivity index (χ0v) is 13.2. The standard InChI is InChI=1S/C18H25.Al/c1-3-9-15(10-4-1)17-13-7-8-14-18(17)16-11-5-2-6-12-16;/h7-8,13,15-16H,1-6,9-12H2;. The van der Waals surface area contributed by atoms with Gasteiger partial charge in [-0.1, -0.05) is 62.3 Å². The number of hydrogen-bond donors (Lipinski definition) is 0. The summed E-state index contributed by atoms with van der Waals surface area (Å²) < 4.78 is 1.48. The normalized spacial score (nSPS) is 22.5. The predicted octanol–water partition coefficient (Wildman–Crippen LogP) is 4.58. The van der Waals surface area contributed by atoms with Crippen molar-refractivity contribution in [3.8, 4) is 0 Å². The summed E-state index contributed by atoms with van der Waals surface area (Å²) in [5.41, 5.74) is 3.43. The van der Waals surface area contributed by atoms with Gasteiger partial charge in [0, 0.05) is 0 Å². The molecule has 1 heteroatoms. The highest BCUT2D eigenvalue weighted by molar-refractivity contribution is 6.33. The van der Waals surface area contributed by atoms with E-state index in [9.17, 15) is 0 Å². The summed E-state index contributed by atoms with van der Waals surface area (Å²) in [7, 11) is 0. The van der Waals surface area contributed by atoms with E-state index in [1.807, 2.05) is 0 Å². The fraction of sp³-hybridized carbons (Fsp3) is 0.667. The van der Waals surface area contributed by atoms with Gasteiger partial charge in [-0.3, -0.25) is 0 Å². The Kier molecular flexibility index (Phi) is 4.67. The van der Waals surface area contributed by atoms with E-state index in [2.05, 4.69) is 34.5 Å². The highest BCUT2D eigenvalue weighted by Gasteiger charge is 2.24. The van der Waals surface area contributed by atoms with Crippen molar-refractivity contribution in [3.05, 3.63) is 29.3 Å². The van der Waals surface area contributed by atoms with Gasteiger partial charge in [-0.25, -0.2) is 0 Å². The van der Waals surface area contributed by atoms with Crippen LogP contribution in [-0.2, 0) is 0 Å². The average molecular weight is 268 g/mol. The van der Waals surface area contributed by atoms with Crippen molar-refractivity contribution < 1.29 is 0 Å². The smallest absolute Gasteiger partial charge is 0.135 e. The van der Waals surface area contributed by atoms with E-state index in [-0.39, 0.29) is 0 Å². The second-order valence-corrected chi connectivity index (χ2v) is 7.14. The second kappa shape index (κ2) is 6.47.